The Labute approximate surface area is 364 Å². The summed E-state index contributed by atoms with van der Waals surface area (Å²) in [4.78, 5) is 87.1. The van der Waals surface area contributed by atoms with E-state index in [1.54, 1.807) is 0 Å². The van der Waals surface area contributed by atoms with E-state index in [1.165, 1.54) is 0 Å². The fourth-order valence-corrected chi connectivity index (χ4v) is 9.69. The van der Waals surface area contributed by atoms with Crippen LogP contribution in [-0.2, 0) is 53.8 Å². The number of allylic oxidation sites excluding steroid dienone is 5. The number of carbonyl (C=O) groups excluding carboxylic acids is 6. The van der Waals surface area contributed by atoms with Gasteiger partial charge in [-0.1, -0.05) is 55.3 Å². The first kappa shape index (κ1) is 44.4. The molecule has 2 saturated heterocycles. The first-order valence-electron chi connectivity index (χ1n) is 20.9. The smallest absolute Gasteiger partial charge is 0.333 e. The average molecular weight is 870 g/mol. The van der Waals surface area contributed by atoms with E-state index < -0.39 is 52.5 Å². The van der Waals surface area contributed by atoms with Crippen LogP contribution in [0.5, 0.6) is 0 Å². The topological polar surface area (TPSA) is 187 Å². The van der Waals surface area contributed by atoms with Crippen LogP contribution in [0, 0.1) is 0 Å². The highest BCUT2D eigenvalue weighted by atomic mass is 32.2. The number of benzene rings is 2. The Morgan fingerprint density at radius 1 is 0.968 bits per heavy atom. The van der Waals surface area contributed by atoms with Gasteiger partial charge in [-0.05, 0) is 57.2 Å². The number of rotatable bonds is 16. The van der Waals surface area contributed by atoms with Crippen molar-refractivity contribution in [2.75, 3.05) is 37.8 Å². The number of ketones is 1. The van der Waals surface area contributed by atoms with Crippen LogP contribution >= 0.6 is 12.0 Å². The Hall–Kier alpha value is -5.62. The second-order valence-electron chi connectivity index (χ2n) is 17.1. The molecule has 2 fully saturated rings. The number of fused-ring (bicyclic) bond motifs is 2. The van der Waals surface area contributed by atoms with E-state index in [4.69, 9.17) is 10.1 Å². The number of unbranched alkanes of at least 4 members (excludes halogenated alkanes) is 1. The number of likely N-dealkylation sites (N-methyl/N-ethyl adjacent to an activating group) is 1. The SMILES string of the molecule is CN1/C(=C/C2=C(N3CCC[C@@H]3C(=O)N[C@@H](CSOOO)C(=O)NCCCCC(=O)ON3C(=O)CCC3=O)C(=C/C3=[N+](C)c4ccccc4C3(C)C)/C2=O)C(C)(C)c2ccccc21. The molecule has 2 aromatic rings. The van der Waals surface area contributed by atoms with Crippen molar-refractivity contribution in [2.24, 2.45) is 0 Å². The predicted octanol–water partition coefficient (Wildman–Crippen LogP) is 4.68. The molecule has 3 N–H and O–H groups in total. The summed E-state index contributed by atoms with van der Waals surface area (Å²) in [5.74, 6) is -3.08. The summed E-state index contributed by atoms with van der Waals surface area (Å²) in [6, 6.07) is 14.5. The van der Waals surface area contributed by atoms with Crippen molar-refractivity contribution in [1.82, 2.24) is 20.6 Å². The van der Waals surface area contributed by atoms with Crippen LogP contribution in [0.1, 0.15) is 83.8 Å². The predicted molar refractivity (Wildman–Crippen MR) is 229 cm³/mol. The summed E-state index contributed by atoms with van der Waals surface area (Å²) < 4.78 is 6.69. The van der Waals surface area contributed by atoms with Gasteiger partial charge in [0.05, 0.1) is 22.4 Å². The summed E-state index contributed by atoms with van der Waals surface area (Å²) in [6.45, 7) is 9.19. The summed E-state index contributed by atoms with van der Waals surface area (Å²) in [5, 5.41) is 18.6. The number of Topliss-reactive ketones (excluding diaryl/α,β-unsaturated/α-hetero) is 1. The highest BCUT2D eigenvalue weighted by Gasteiger charge is 2.49. The molecule has 17 heteroatoms. The first-order chi connectivity index (χ1) is 29.6. The molecule has 16 nitrogen and oxygen atoms in total. The Morgan fingerprint density at radius 2 is 1.66 bits per heavy atom. The number of nitrogens with one attached hydrogen (secondary N) is 2. The Bertz CT molecular complexity index is 2320. The minimum absolute atomic E-state index is 0.00524. The molecule has 0 bridgehead atoms. The van der Waals surface area contributed by atoms with Gasteiger partial charge in [0.25, 0.3) is 11.8 Å². The molecule has 0 saturated carbocycles. The van der Waals surface area contributed by atoms with Crippen molar-refractivity contribution in [3.63, 3.8) is 0 Å². The van der Waals surface area contributed by atoms with Gasteiger partial charge in [-0.3, -0.25) is 24.0 Å². The summed E-state index contributed by atoms with van der Waals surface area (Å²) in [6.07, 6.45) is 5.61. The van der Waals surface area contributed by atoms with E-state index in [1.807, 2.05) is 55.4 Å². The van der Waals surface area contributed by atoms with Gasteiger partial charge in [-0.15, -0.1) is 9.40 Å². The molecule has 328 valence electrons. The lowest BCUT2D eigenvalue weighted by molar-refractivity contribution is -0.432. The van der Waals surface area contributed by atoms with Gasteiger partial charge in [0.15, 0.2) is 11.5 Å². The number of para-hydroxylation sites is 2. The van der Waals surface area contributed by atoms with Crippen molar-refractivity contribution in [3.05, 3.63) is 94.4 Å². The normalized spacial score (nSPS) is 21.8. The van der Waals surface area contributed by atoms with Crippen molar-refractivity contribution in [2.45, 2.75) is 95.6 Å². The molecule has 7 rings (SSSR count). The van der Waals surface area contributed by atoms with Gasteiger partial charge < -0.3 is 25.3 Å². The minimum Gasteiger partial charge on any atom is -0.358 e. The summed E-state index contributed by atoms with van der Waals surface area (Å²) >= 11 is 0.621. The number of anilines is 1. The standard InChI is InChI=1S/C45H52N6O10S/c1-44(2)29-14-7-9-16-32(29)48(5)35(44)24-27-40(28(41(27)55)25-36-45(3,4)30-15-8-10-17-33(30)49(36)6)50-23-13-18-34(50)43(57)47-31(26-62-61-60-58)42(56)46-22-12-11-19-39(54)59-51-37(52)20-21-38(51)53/h7-10,14-17,24-25,31,34H,11-13,18-23,26H2,1-6H3,(H2-,46,47,56,57,58)/p+1/t31-,34+/m0/s1. The third kappa shape index (κ3) is 8.33. The summed E-state index contributed by atoms with van der Waals surface area (Å²) in [7, 11) is 4.00. The van der Waals surface area contributed by atoms with Crippen LogP contribution in [0.4, 0.5) is 11.4 Å². The van der Waals surface area contributed by atoms with Crippen LogP contribution < -0.4 is 15.5 Å². The van der Waals surface area contributed by atoms with Crippen molar-refractivity contribution in [3.8, 4) is 0 Å². The molecule has 62 heavy (non-hydrogen) atoms. The van der Waals surface area contributed by atoms with E-state index in [0.29, 0.717) is 66.2 Å². The lowest BCUT2D eigenvalue weighted by Crippen LogP contribution is -2.54. The highest BCUT2D eigenvalue weighted by molar-refractivity contribution is 7.94. The number of hydrogen-bond acceptors (Lipinski definition) is 13. The van der Waals surface area contributed by atoms with Gasteiger partial charge in [0, 0.05) is 91.5 Å². The van der Waals surface area contributed by atoms with Crippen molar-refractivity contribution >= 4 is 64.5 Å². The monoisotopic (exact) mass is 869 g/mol. The van der Waals surface area contributed by atoms with Gasteiger partial charge in [-0.2, -0.15) is 4.58 Å². The number of amides is 4. The maximum absolute atomic E-state index is 14.6. The number of carbonyl (C=O) groups is 6. The molecule has 5 aliphatic rings. The molecule has 0 unspecified atom stereocenters. The number of likely N-dealkylation sites (tertiary alicyclic amines) is 1. The van der Waals surface area contributed by atoms with Crippen LogP contribution in [0.15, 0.2) is 83.2 Å². The molecular weight excluding hydrogens is 817 g/mol. The maximum Gasteiger partial charge on any atom is 0.333 e. The third-order valence-electron chi connectivity index (χ3n) is 12.5. The average Bonchev–Trinajstić information content (AvgIpc) is 3.95. The van der Waals surface area contributed by atoms with E-state index in [0.717, 1.165) is 33.9 Å². The lowest BCUT2D eigenvalue weighted by Gasteiger charge is -2.37. The summed E-state index contributed by atoms with van der Waals surface area (Å²) in [5.41, 5.74) is 7.18. The first-order valence-corrected chi connectivity index (χ1v) is 21.8. The van der Waals surface area contributed by atoms with Crippen LogP contribution in [0.3, 0.4) is 0 Å². The zero-order valence-corrected chi connectivity index (χ0v) is 36.6. The number of nitrogens with zero attached hydrogens (tertiary/aromatic N) is 4. The molecule has 0 radical (unpaired) electrons. The third-order valence-corrected chi connectivity index (χ3v) is 13.2. The molecule has 1 aliphatic carbocycles. The van der Waals surface area contributed by atoms with Crippen molar-refractivity contribution < 1.29 is 52.8 Å². The molecule has 0 aromatic heterocycles. The molecule has 4 amide bonds. The lowest BCUT2D eigenvalue weighted by atomic mass is 9.76. The number of hydroxylamine groups is 2. The molecule has 2 atom stereocenters. The minimum atomic E-state index is -1.12. The number of hydrogen-bond donors (Lipinski definition) is 3. The van der Waals surface area contributed by atoms with Crippen LogP contribution in [0.25, 0.3) is 0 Å². The van der Waals surface area contributed by atoms with E-state index in [-0.39, 0.29) is 37.3 Å². The van der Waals surface area contributed by atoms with Gasteiger partial charge in [0.1, 0.15) is 19.1 Å². The van der Waals surface area contributed by atoms with Gasteiger partial charge >= 0.3 is 5.97 Å². The second kappa shape index (κ2) is 18.0. The Morgan fingerprint density at radius 3 is 2.35 bits per heavy atom. The Balaban J connectivity index is 1.12. The zero-order valence-electron chi connectivity index (χ0n) is 35.8. The van der Waals surface area contributed by atoms with E-state index >= 15 is 0 Å². The van der Waals surface area contributed by atoms with E-state index in [2.05, 4.69) is 81.4 Å². The second-order valence-corrected chi connectivity index (χ2v) is 17.8. The fraction of sp³-hybridized carbons (Fsp3) is 0.444. The van der Waals surface area contributed by atoms with Crippen LogP contribution in [0.2, 0.25) is 0 Å². The fourth-order valence-electron chi connectivity index (χ4n) is 9.22. The maximum atomic E-state index is 14.6. The molecule has 4 heterocycles. The van der Waals surface area contributed by atoms with Crippen LogP contribution in [-0.4, -0.2) is 106 Å². The van der Waals surface area contributed by atoms with Gasteiger partial charge in [-0.25, -0.2) is 10.1 Å². The van der Waals surface area contributed by atoms with E-state index in [9.17, 15) is 28.8 Å². The molecule has 0 spiro atoms. The number of imide groups is 1. The van der Waals surface area contributed by atoms with Crippen molar-refractivity contribution in [1.29, 1.82) is 0 Å². The quantitative estimate of drug-likeness (QED) is 0.0402. The zero-order chi connectivity index (χ0) is 44.5. The highest BCUT2D eigenvalue weighted by Crippen LogP contribution is 2.49. The molecule has 2 aromatic carbocycles. The molecule has 4 aliphatic heterocycles. The molecular formula is C45H53N6O10S+. The Kier molecular flexibility index (Phi) is 12.9. The largest absolute Gasteiger partial charge is 0.358 e. The van der Waals surface area contributed by atoms with Gasteiger partial charge in [0.2, 0.25) is 17.5 Å².